The van der Waals surface area contributed by atoms with Crippen LogP contribution in [0.4, 0.5) is 0 Å². The van der Waals surface area contributed by atoms with Crippen LogP contribution in [0.5, 0.6) is 11.5 Å². The average molecular weight is 399 g/mol. The maximum atomic E-state index is 6.05. The van der Waals surface area contributed by atoms with Gasteiger partial charge in [-0.3, -0.25) is 0 Å². The van der Waals surface area contributed by atoms with E-state index >= 15 is 0 Å². The van der Waals surface area contributed by atoms with E-state index in [-0.39, 0.29) is 30.4 Å². The van der Waals surface area contributed by atoms with Crippen LogP contribution >= 0.6 is 0 Å². The fourth-order valence-corrected chi connectivity index (χ4v) is 4.00. The van der Waals surface area contributed by atoms with Gasteiger partial charge in [0.25, 0.3) is 19.5 Å². The van der Waals surface area contributed by atoms with E-state index in [2.05, 4.69) is 53.7 Å². The van der Waals surface area contributed by atoms with Gasteiger partial charge in [0.1, 0.15) is 11.5 Å². The average Bonchev–Trinajstić information content (AvgIpc) is 2.58. The summed E-state index contributed by atoms with van der Waals surface area (Å²) in [4.78, 5) is 0. The molecule has 0 saturated carbocycles. The molecule has 0 aliphatic rings. The smallest absolute Gasteiger partial charge is 0.260 e. The zero-order chi connectivity index (χ0) is 19.9. The number of ether oxygens (including phenoxy) is 2. The van der Waals surface area contributed by atoms with Crippen molar-refractivity contribution in [2.75, 3.05) is 13.2 Å². The van der Waals surface area contributed by atoms with Crippen LogP contribution in [0, 0.1) is 10.8 Å². The first-order valence-electron chi connectivity index (χ1n) is 9.26. The lowest BCUT2D eigenvalue weighted by molar-refractivity contribution is 0.199. The summed E-state index contributed by atoms with van der Waals surface area (Å²) < 4.78 is 18.1. The second kappa shape index (κ2) is 9.58. The van der Waals surface area contributed by atoms with Gasteiger partial charge in [-0.05, 0) is 23.0 Å². The van der Waals surface area contributed by atoms with Gasteiger partial charge in [-0.15, -0.1) is 0 Å². The minimum atomic E-state index is 0.127. The number of benzene rings is 2. The molecule has 2 rings (SSSR count). The van der Waals surface area contributed by atoms with Crippen LogP contribution in [0.1, 0.15) is 41.5 Å². The SMILES string of the molecule is CC(C)(C)COc1ccccc1[Si]O[Si]c1ccccc1OCC(C)(C)C. The molecule has 0 heterocycles. The molecule has 3 nitrogen and oxygen atoms in total. The van der Waals surface area contributed by atoms with E-state index < -0.39 is 0 Å². The highest BCUT2D eigenvalue weighted by atomic mass is 28.3. The highest BCUT2D eigenvalue weighted by Gasteiger charge is 2.15. The maximum Gasteiger partial charge on any atom is 0.260 e. The Balaban J connectivity index is 1.95. The van der Waals surface area contributed by atoms with Gasteiger partial charge >= 0.3 is 0 Å². The molecule has 0 unspecified atom stereocenters. The van der Waals surface area contributed by atoms with Crippen LogP contribution in [-0.4, -0.2) is 32.7 Å². The van der Waals surface area contributed by atoms with Crippen molar-refractivity contribution >= 4 is 29.9 Å². The molecule has 0 atom stereocenters. The van der Waals surface area contributed by atoms with Crippen molar-refractivity contribution < 1.29 is 13.6 Å². The molecule has 0 saturated heterocycles. The lowest BCUT2D eigenvalue weighted by atomic mass is 9.99. The summed E-state index contributed by atoms with van der Waals surface area (Å²) in [6, 6.07) is 16.2. The van der Waals surface area contributed by atoms with Crippen molar-refractivity contribution in [1.82, 2.24) is 0 Å². The van der Waals surface area contributed by atoms with Crippen LogP contribution in [0.15, 0.2) is 48.5 Å². The first kappa shape index (κ1) is 21.7. The van der Waals surface area contributed by atoms with Gasteiger partial charge in [-0.1, -0.05) is 77.9 Å². The summed E-state index contributed by atoms with van der Waals surface area (Å²) in [6.07, 6.45) is 0. The fraction of sp³-hybridized carbons (Fsp3) is 0.455. The van der Waals surface area contributed by atoms with E-state index in [4.69, 9.17) is 13.6 Å². The first-order valence-corrected chi connectivity index (χ1v) is 11.1. The van der Waals surface area contributed by atoms with E-state index in [9.17, 15) is 0 Å². The van der Waals surface area contributed by atoms with E-state index in [1.54, 1.807) is 0 Å². The lowest BCUT2D eigenvalue weighted by Crippen LogP contribution is -2.29. The first-order chi connectivity index (χ1) is 12.6. The van der Waals surface area contributed by atoms with Crippen molar-refractivity contribution in [2.45, 2.75) is 41.5 Å². The topological polar surface area (TPSA) is 27.7 Å². The predicted octanol–water partition coefficient (Wildman–Crippen LogP) is 3.74. The standard InChI is InChI=1S/C22H30O3Si2/c1-21(2,3)15-23-17-11-7-9-13-19(17)26-25-27-20-14-10-8-12-18(20)24-16-22(4,5)6/h7-14H,15-16H2,1-6H3. The number of hydrogen-bond acceptors (Lipinski definition) is 3. The van der Waals surface area contributed by atoms with Gasteiger partial charge in [0.05, 0.1) is 13.2 Å². The van der Waals surface area contributed by atoms with Gasteiger partial charge < -0.3 is 13.6 Å². The van der Waals surface area contributed by atoms with Crippen LogP contribution in [0.25, 0.3) is 0 Å². The van der Waals surface area contributed by atoms with E-state index in [0.29, 0.717) is 13.2 Å². The molecular weight excluding hydrogens is 368 g/mol. The van der Waals surface area contributed by atoms with E-state index in [1.165, 1.54) is 0 Å². The Labute approximate surface area is 169 Å². The molecule has 0 spiro atoms. The third-order valence-electron chi connectivity index (χ3n) is 3.42. The molecule has 144 valence electrons. The van der Waals surface area contributed by atoms with Crippen LogP contribution in [-0.2, 0) is 4.12 Å². The Morgan fingerprint density at radius 1 is 0.630 bits per heavy atom. The molecule has 0 amide bonds. The zero-order valence-electron chi connectivity index (χ0n) is 17.3. The molecule has 0 bridgehead atoms. The molecular formula is C22H30O3Si2. The quantitative estimate of drug-likeness (QED) is 0.634. The fourth-order valence-electron chi connectivity index (χ4n) is 2.08. The Bertz CT molecular complexity index is 656. The Hall–Kier alpha value is -1.57. The number of hydrogen-bond donors (Lipinski definition) is 0. The van der Waals surface area contributed by atoms with Crippen LogP contribution in [0.3, 0.4) is 0 Å². The van der Waals surface area contributed by atoms with Crippen molar-refractivity contribution in [3.05, 3.63) is 48.5 Å². The molecule has 0 fully saturated rings. The summed E-state index contributed by atoms with van der Waals surface area (Å²) in [5.74, 6) is 1.82. The third kappa shape index (κ3) is 8.32. The number of para-hydroxylation sites is 2. The van der Waals surface area contributed by atoms with Crippen molar-refractivity contribution in [2.24, 2.45) is 10.8 Å². The zero-order valence-corrected chi connectivity index (χ0v) is 19.3. The summed E-state index contributed by atoms with van der Waals surface area (Å²) in [5, 5.41) is 2.20. The van der Waals surface area contributed by atoms with Crippen molar-refractivity contribution in [3.8, 4) is 11.5 Å². The molecule has 0 aromatic heterocycles. The summed E-state index contributed by atoms with van der Waals surface area (Å²) in [6.45, 7) is 14.4. The summed E-state index contributed by atoms with van der Waals surface area (Å²) in [7, 11) is 0.483. The van der Waals surface area contributed by atoms with Gasteiger partial charge in [-0.25, -0.2) is 0 Å². The Morgan fingerprint density at radius 2 is 1.00 bits per heavy atom. The predicted molar refractivity (Wildman–Crippen MR) is 115 cm³/mol. The normalized spacial score (nSPS) is 12.1. The van der Waals surface area contributed by atoms with Gasteiger partial charge in [0.15, 0.2) is 0 Å². The largest absolute Gasteiger partial charge is 0.493 e. The highest BCUT2D eigenvalue weighted by Crippen LogP contribution is 2.17. The maximum absolute atomic E-state index is 6.05. The van der Waals surface area contributed by atoms with Crippen LogP contribution < -0.4 is 19.8 Å². The highest BCUT2D eigenvalue weighted by molar-refractivity contribution is 6.61. The molecule has 2 aromatic carbocycles. The van der Waals surface area contributed by atoms with Gasteiger partial charge in [-0.2, -0.15) is 0 Å². The molecule has 4 radical (unpaired) electrons. The molecule has 0 N–H and O–H groups in total. The molecule has 2 aromatic rings. The van der Waals surface area contributed by atoms with Crippen LogP contribution in [0.2, 0.25) is 0 Å². The van der Waals surface area contributed by atoms with Gasteiger partial charge in [0.2, 0.25) is 0 Å². The Morgan fingerprint density at radius 3 is 1.37 bits per heavy atom. The molecule has 27 heavy (non-hydrogen) atoms. The summed E-state index contributed by atoms with van der Waals surface area (Å²) >= 11 is 0. The van der Waals surface area contributed by atoms with E-state index in [1.807, 2.05) is 36.4 Å². The lowest BCUT2D eigenvalue weighted by Gasteiger charge is -2.20. The molecule has 0 aliphatic carbocycles. The second-order valence-corrected chi connectivity index (χ2v) is 11.3. The summed E-state index contributed by atoms with van der Waals surface area (Å²) in [5.41, 5.74) is 0.254. The Kier molecular flexibility index (Phi) is 7.71. The van der Waals surface area contributed by atoms with Crippen molar-refractivity contribution in [1.29, 1.82) is 0 Å². The van der Waals surface area contributed by atoms with Gasteiger partial charge in [0, 0.05) is 10.4 Å². The minimum Gasteiger partial charge on any atom is -0.493 e. The third-order valence-corrected chi connectivity index (χ3v) is 5.50. The molecule has 5 heteroatoms. The minimum absolute atomic E-state index is 0.127. The number of rotatable bonds is 8. The van der Waals surface area contributed by atoms with E-state index in [0.717, 1.165) is 21.9 Å². The monoisotopic (exact) mass is 398 g/mol. The second-order valence-electron chi connectivity index (χ2n) is 9.00. The molecule has 0 aliphatic heterocycles. The van der Waals surface area contributed by atoms with Crippen molar-refractivity contribution in [3.63, 3.8) is 0 Å².